The van der Waals surface area contributed by atoms with Gasteiger partial charge in [-0.15, -0.1) is 11.3 Å². The van der Waals surface area contributed by atoms with Crippen molar-refractivity contribution in [1.29, 1.82) is 0 Å². The van der Waals surface area contributed by atoms with Crippen LogP contribution in [0.3, 0.4) is 0 Å². The zero-order valence-electron chi connectivity index (χ0n) is 9.40. The first-order chi connectivity index (χ1) is 7.77. The van der Waals surface area contributed by atoms with Gasteiger partial charge in [0.05, 0.1) is 10.4 Å². The molecule has 0 aliphatic rings. The summed E-state index contributed by atoms with van der Waals surface area (Å²) in [5, 5.41) is 2.73. The second-order valence-electron chi connectivity index (χ2n) is 4.15. The van der Waals surface area contributed by atoms with E-state index in [4.69, 9.17) is 0 Å². The van der Waals surface area contributed by atoms with Crippen molar-refractivity contribution in [3.05, 3.63) is 42.5 Å². The van der Waals surface area contributed by atoms with Gasteiger partial charge in [-0.05, 0) is 12.1 Å². The summed E-state index contributed by atoms with van der Waals surface area (Å²) in [6, 6.07) is 15.1. The summed E-state index contributed by atoms with van der Waals surface area (Å²) in [5.74, 6) is 0. The topological polar surface area (TPSA) is 3.24 Å². The fourth-order valence-corrected chi connectivity index (χ4v) is 3.38. The van der Waals surface area contributed by atoms with E-state index in [9.17, 15) is 0 Å². The third-order valence-electron chi connectivity index (χ3n) is 2.87. The molecule has 0 atom stereocenters. The van der Waals surface area contributed by atoms with Crippen LogP contribution in [-0.4, -0.2) is 14.1 Å². The molecule has 0 amide bonds. The number of hydrogen-bond acceptors (Lipinski definition) is 2. The van der Waals surface area contributed by atoms with E-state index < -0.39 is 0 Å². The summed E-state index contributed by atoms with van der Waals surface area (Å²) in [4.78, 5) is 2.18. The first kappa shape index (κ1) is 9.67. The number of fused-ring (bicyclic) bond motifs is 3. The number of rotatable bonds is 1. The molecule has 0 saturated carbocycles. The molecule has 3 rings (SSSR count). The third kappa shape index (κ3) is 1.30. The van der Waals surface area contributed by atoms with Gasteiger partial charge in [0.2, 0.25) is 0 Å². The van der Waals surface area contributed by atoms with Crippen LogP contribution in [-0.2, 0) is 0 Å². The summed E-state index contributed by atoms with van der Waals surface area (Å²) >= 11 is 1.87. The molecule has 1 heterocycles. The number of anilines is 1. The minimum atomic E-state index is 1.30. The predicted octanol–water partition coefficient (Wildman–Crippen LogP) is 4.12. The largest absolute Gasteiger partial charge is 0.377 e. The van der Waals surface area contributed by atoms with E-state index in [2.05, 4.69) is 61.5 Å². The van der Waals surface area contributed by atoms with Gasteiger partial charge in [0.15, 0.2) is 0 Å². The Kier molecular flexibility index (Phi) is 2.11. The van der Waals surface area contributed by atoms with Gasteiger partial charge in [-0.2, -0.15) is 0 Å². The maximum Gasteiger partial charge on any atom is 0.0588 e. The molecule has 16 heavy (non-hydrogen) atoms. The van der Waals surface area contributed by atoms with Gasteiger partial charge in [0.1, 0.15) is 0 Å². The standard InChI is InChI=1S/C14H13NS/c1-15(2)12-8-5-7-11-10-6-3-4-9-13(10)16-14(11)12/h3-9H,1-2H3. The SMILES string of the molecule is CN(C)c1cccc2c1sc1ccccc12. The molecule has 0 radical (unpaired) electrons. The Morgan fingerprint density at radius 1 is 0.875 bits per heavy atom. The zero-order valence-corrected chi connectivity index (χ0v) is 10.2. The van der Waals surface area contributed by atoms with Crippen LogP contribution < -0.4 is 4.90 Å². The monoisotopic (exact) mass is 227 g/mol. The van der Waals surface area contributed by atoms with E-state index in [1.54, 1.807) is 0 Å². The van der Waals surface area contributed by atoms with E-state index in [1.807, 2.05) is 11.3 Å². The van der Waals surface area contributed by atoms with Gasteiger partial charge in [-0.25, -0.2) is 0 Å². The maximum absolute atomic E-state index is 2.21. The van der Waals surface area contributed by atoms with E-state index in [0.717, 1.165) is 0 Å². The average molecular weight is 227 g/mol. The number of benzene rings is 2. The lowest BCUT2D eigenvalue weighted by molar-refractivity contribution is 1.15. The van der Waals surface area contributed by atoms with Crippen LogP contribution in [0.4, 0.5) is 5.69 Å². The Bertz CT molecular complexity index is 652. The second-order valence-corrected chi connectivity index (χ2v) is 5.20. The van der Waals surface area contributed by atoms with E-state index in [1.165, 1.54) is 25.9 Å². The van der Waals surface area contributed by atoms with Gasteiger partial charge in [-0.3, -0.25) is 0 Å². The smallest absolute Gasteiger partial charge is 0.0588 e. The fraction of sp³-hybridized carbons (Fsp3) is 0.143. The fourth-order valence-electron chi connectivity index (χ4n) is 2.08. The molecular weight excluding hydrogens is 214 g/mol. The Morgan fingerprint density at radius 2 is 1.62 bits per heavy atom. The van der Waals surface area contributed by atoms with Crippen LogP contribution in [0.2, 0.25) is 0 Å². The van der Waals surface area contributed by atoms with Crippen molar-refractivity contribution in [2.75, 3.05) is 19.0 Å². The molecule has 0 aliphatic carbocycles. The molecule has 0 bridgehead atoms. The van der Waals surface area contributed by atoms with Crippen LogP contribution in [0.5, 0.6) is 0 Å². The van der Waals surface area contributed by atoms with E-state index in [0.29, 0.717) is 0 Å². The van der Waals surface area contributed by atoms with Gasteiger partial charge in [0, 0.05) is 29.6 Å². The van der Waals surface area contributed by atoms with Gasteiger partial charge >= 0.3 is 0 Å². The molecule has 1 nitrogen and oxygen atoms in total. The van der Waals surface area contributed by atoms with Crippen LogP contribution in [0.1, 0.15) is 0 Å². The lowest BCUT2D eigenvalue weighted by Crippen LogP contribution is -2.08. The minimum Gasteiger partial charge on any atom is -0.377 e. The number of thiophene rings is 1. The van der Waals surface area contributed by atoms with Crippen LogP contribution >= 0.6 is 11.3 Å². The minimum absolute atomic E-state index is 1.30. The van der Waals surface area contributed by atoms with E-state index in [-0.39, 0.29) is 0 Å². The van der Waals surface area contributed by atoms with Crippen molar-refractivity contribution in [2.45, 2.75) is 0 Å². The quantitative estimate of drug-likeness (QED) is 0.604. The van der Waals surface area contributed by atoms with Crippen molar-refractivity contribution in [1.82, 2.24) is 0 Å². The highest BCUT2D eigenvalue weighted by molar-refractivity contribution is 7.26. The van der Waals surface area contributed by atoms with Crippen LogP contribution in [0, 0.1) is 0 Å². The summed E-state index contributed by atoms with van der Waals surface area (Å²) in [7, 11) is 4.19. The Labute approximate surface area is 98.9 Å². The molecule has 80 valence electrons. The predicted molar refractivity (Wildman–Crippen MR) is 73.7 cm³/mol. The highest BCUT2D eigenvalue weighted by Crippen LogP contribution is 2.38. The van der Waals surface area contributed by atoms with Crippen LogP contribution in [0.25, 0.3) is 20.2 Å². The highest BCUT2D eigenvalue weighted by Gasteiger charge is 2.08. The molecule has 2 heteroatoms. The molecule has 0 unspecified atom stereocenters. The molecule has 0 saturated heterocycles. The van der Waals surface area contributed by atoms with Gasteiger partial charge in [0.25, 0.3) is 0 Å². The molecule has 1 aromatic heterocycles. The van der Waals surface area contributed by atoms with Crippen molar-refractivity contribution in [3.8, 4) is 0 Å². The van der Waals surface area contributed by atoms with Crippen molar-refractivity contribution < 1.29 is 0 Å². The molecular formula is C14H13NS. The summed E-state index contributed by atoms with van der Waals surface area (Å²) in [6.07, 6.45) is 0. The summed E-state index contributed by atoms with van der Waals surface area (Å²) in [5.41, 5.74) is 1.30. The Balaban J connectivity index is 2.49. The molecule has 0 fully saturated rings. The first-order valence-electron chi connectivity index (χ1n) is 5.35. The Morgan fingerprint density at radius 3 is 2.44 bits per heavy atom. The summed E-state index contributed by atoms with van der Waals surface area (Å²) in [6.45, 7) is 0. The normalized spacial score (nSPS) is 11.1. The van der Waals surface area contributed by atoms with E-state index >= 15 is 0 Å². The molecule has 0 N–H and O–H groups in total. The zero-order chi connectivity index (χ0) is 11.1. The number of hydrogen-bond donors (Lipinski definition) is 0. The van der Waals surface area contributed by atoms with Crippen molar-refractivity contribution >= 4 is 37.2 Å². The molecule has 0 aliphatic heterocycles. The van der Waals surface area contributed by atoms with Gasteiger partial charge in [-0.1, -0.05) is 30.3 Å². The Hall–Kier alpha value is -1.54. The molecule has 3 aromatic rings. The lowest BCUT2D eigenvalue weighted by Gasteiger charge is -2.12. The molecule has 0 spiro atoms. The summed E-state index contributed by atoms with van der Waals surface area (Å²) < 4.78 is 2.75. The number of nitrogens with zero attached hydrogens (tertiary/aromatic N) is 1. The van der Waals surface area contributed by atoms with Crippen LogP contribution in [0.15, 0.2) is 42.5 Å². The van der Waals surface area contributed by atoms with Gasteiger partial charge < -0.3 is 4.90 Å². The second kappa shape index (κ2) is 3.49. The first-order valence-corrected chi connectivity index (χ1v) is 6.16. The lowest BCUT2D eigenvalue weighted by atomic mass is 10.1. The van der Waals surface area contributed by atoms with Crippen molar-refractivity contribution in [2.24, 2.45) is 0 Å². The van der Waals surface area contributed by atoms with Crippen molar-refractivity contribution in [3.63, 3.8) is 0 Å². The molecule has 2 aromatic carbocycles. The average Bonchev–Trinajstić information content (AvgIpc) is 2.67. The highest BCUT2D eigenvalue weighted by atomic mass is 32.1. The third-order valence-corrected chi connectivity index (χ3v) is 4.07. The maximum atomic E-state index is 2.21.